The van der Waals surface area contributed by atoms with E-state index in [0.29, 0.717) is 11.0 Å². The number of thioether (sulfide) groups is 1. The van der Waals surface area contributed by atoms with Crippen molar-refractivity contribution in [2.75, 3.05) is 24.3 Å². The Morgan fingerprint density at radius 2 is 1.79 bits per heavy atom. The minimum Gasteiger partial charge on any atom is -0.378 e. The second kappa shape index (κ2) is 9.87. The summed E-state index contributed by atoms with van der Waals surface area (Å²) >= 11 is 1.37. The lowest BCUT2D eigenvalue weighted by Crippen LogP contribution is -2.23. The van der Waals surface area contributed by atoms with Crippen LogP contribution in [0.3, 0.4) is 0 Å². The number of carbonyl (C=O) groups is 1. The highest BCUT2D eigenvalue weighted by molar-refractivity contribution is 8.00. The topological polar surface area (TPSA) is 75.9 Å². The van der Waals surface area contributed by atoms with Crippen LogP contribution in [0.25, 0.3) is 17.1 Å². The number of hydrogen-bond acceptors (Lipinski definition) is 6. The van der Waals surface area contributed by atoms with E-state index >= 15 is 0 Å². The quantitative estimate of drug-likeness (QED) is 0.400. The summed E-state index contributed by atoms with van der Waals surface area (Å²) in [6, 6.07) is 19.6. The molecule has 1 unspecified atom stereocenters. The molecule has 0 aliphatic heterocycles. The van der Waals surface area contributed by atoms with Gasteiger partial charge in [0.15, 0.2) is 11.0 Å². The van der Waals surface area contributed by atoms with Crippen molar-refractivity contribution in [3.05, 3.63) is 78.6 Å². The molecule has 0 spiro atoms. The second-order valence-electron chi connectivity index (χ2n) is 7.86. The molecule has 2 heterocycles. The minimum atomic E-state index is -0.382. The fourth-order valence-corrected chi connectivity index (χ4v) is 4.22. The molecular formula is C25H26N6OS. The summed E-state index contributed by atoms with van der Waals surface area (Å²) in [7, 11) is 3.97. The molecule has 4 rings (SSSR count). The zero-order valence-corrected chi connectivity index (χ0v) is 19.9. The van der Waals surface area contributed by atoms with Gasteiger partial charge in [-0.3, -0.25) is 14.3 Å². The molecule has 1 N–H and O–H groups in total. The van der Waals surface area contributed by atoms with Crippen LogP contribution in [0, 0.1) is 6.92 Å². The van der Waals surface area contributed by atoms with Gasteiger partial charge >= 0.3 is 0 Å². The lowest BCUT2D eigenvalue weighted by molar-refractivity contribution is -0.115. The summed E-state index contributed by atoms with van der Waals surface area (Å²) in [6.45, 7) is 3.92. The van der Waals surface area contributed by atoms with Crippen LogP contribution in [0.4, 0.5) is 11.4 Å². The highest BCUT2D eigenvalue weighted by atomic mass is 32.2. The monoisotopic (exact) mass is 458 g/mol. The summed E-state index contributed by atoms with van der Waals surface area (Å²) in [6.07, 6.45) is 3.49. The Morgan fingerprint density at radius 1 is 1.03 bits per heavy atom. The van der Waals surface area contributed by atoms with Crippen LogP contribution in [-0.2, 0) is 4.79 Å². The van der Waals surface area contributed by atoms with E-state index in [1.165, 1.54) is 11.8 Å². The molecular weight excluding hydrogens is 432 g/mol. The van der Waals surface area contributed by atoms with Crippen molar-refractivity contribution in [2.45, 2.75) is 24.3 Å². The fraction of sp³-hybridized carbons (Fsp3) is 0.200. The first-order chi connectivity index (χ1) is 15.9. The lowest BCUT2D eigenvalue weighted by Gasteiger charge is -2.16. The third kappa shape index (κ3) is 5.06. The molecule has 2 aromatic heterocycles. The summed E-state index contributed by atoms with van der Waals surface area (Å²) in [5.41, 5.74) is 4.75. The van der Waals surface area contributed by atoms with Crippen LogP contribution < -0.4 is 10.2 Å². The Kier molecular flexibility index (Phi) is 6.74. The van der Waals surface area contributed by atoms with Gasteiger partial charge in [0.1, 0.15) is 0 Å². The van der Waals surface area contributed by atoms with Crippen LogP contribution in [0.5, 0.6) is 0 Å². The van der Waals surface area contributed by atoms with E-state index in [1.807, 2.05) is 98.1 Å². The van der Waals surface area contributed by atoms with Gasteiger partial charge in [0.05, 0.1) is 10.9 Å². The minimum absolute atomic E-state index is 0.0973. The molecule has 0 saturated carbocycles. The average molecular weight is 459 g/mol. The van der Waals surface area contributed by atoms with Gasteiger partial charge in [-0.1, -0.05) is 30.0 Å². The molecule has 7 nitrogen and oxygen atoms in total. The standard InChI is InChI=1S/C25H26N6OS/c1-17-8-5-6-10-22(17)31-23(19-9-7-15-26-16-19)28-29-25(31)33-18(2)24(32)27-20-11-13-21(14-12-20)30(3)4/h5-16,18H,1-4H3,(H,27,32). The van der Waals surface area contributed by atoms with Crippen molar-refractivity contribution in [3.63, 3.8) is 0 Å². The van der Waals surface area contributed by atoms with Gasteiger partial charge in [0.25, 0.3) is 0 Å². The van der Waals surface area contributed by atoms with Crippen molar-refractivity contribution in [3.8, 4) is 17.1 Å². The molecule has 33 heavy (non-hydrogen) atoms. The number of amides is 1. The van der Waals surface area contributed by atoms with E-state index in [-0.39, 0.29) is 11.2 Å². The first kappa shape index (κ1) is 22.5. The molecule has 8 heteroatoms. The van der Waals surface area contributed by atoms with Crippen molar-refractivity contribution >= 4 is 29.0 Å². The highest BCUT2D eigenvalue weighted by Gasteiger charge is 2.22. The fourth-order valence-electron chi connectivity index (χ4n) is 3.36. The van der Waals surface area contributed by atoms with Gasteiger partial charge in [-0.2, -0.15) is 0 Å². The summed E-state index contributed by atoms with van der Waals surface area (Å²) in [5.74, 6) is 0.589. The molecule has 0 aliphatic rings. The molecule has 0 bridgehead atoms. The molecule has 168 valence electrons. The van der Waals surface area contributed by atoms with Crippen molar-refractivity contribution in [1.29, 1.82) is 0 Å². The second-order valence-corrected chi connectivity index (χ2v) is 9.17. The Bertz CT molecular complexity index is 1240. The summed E-state index contributed by atoms with van der Waals surface area (Å²) in [5, 5.41) is 12.1. The maximum atomic E-state index is 12.9. The van der Waals surface area contributed by atoms with E-state index in [1.54, 1.807) is 12.4 Å². The van der Waals surface area contributed by atoms with Gasteiger partial charge in [0, 0.05) is 43.4 Å². The van der Waals surface area contributed by atoms with E-state index in [4.69, 9.17) is 0 Å². The van der Waals surface area contributed by atoms with E-state index in [2.05, 4.69) is 20.5 Å². The van der Waals surface area contributed by atoms with Crippen LogP contribution in [0.2, 0.25) is 0 Å². The summed E-state index contributed by atoms with van der Waals surface area (Å²) < 4.78 is 1.99. The van der Waals surface area contributed by atoms with Crippen molar-refractivity contribution < 1.29 is 4.79 Å². The average Bonchev–Trinajstić information content (AvgIpc) is 3.23. The van der Waals surface area contributed by atoms with E-state index in [9.17, 15) is 4.79 Å². The largest absolute Gasteiger partial charge is 0.378 e. The van der Waals surface area contributed by atoms with Crippen molar-refractivity contribution in [2.24, 2.45) is 0 Å². The predicted molar refractivity (Wildman–Crippen MR) is 134 cm³/mol. The number of benzene rings is 2. The molecule has 2 aromatic carbocycles. The SMILES string of the molecule is Cc1ccccc1-n1c(SC(C)C(=O)Nc2ccc(N(C)C)cc2)nnc1-c1cccnc1. The van der Waals surface area contributed by atoms with E-state index < -0.39 is 0 Å². The van der Waals surface area contributed by atoms with E-state index in [0.717, 1.165) is 28.2 Å². The highest BCUT2D eigenvalue weighted by Crippen LogP contribution is 2.31. The normalized spacial score (nSPS) is 11.8. The number of anilines is 2. The number of nitrogens with one attached hydrogen (secondary N) is 1. The maximum absolute atomic E-state index is 12.9. The zero-order chi connectivity index (χ0) is 23.4. The Labute approximate surface area is 197 Å². The van der Waals surface area contributed by atoms with Crippen LogP contribution >= 0.6 is 11.8 Å². The number of carbonyl (C=O) groups excluding carboxylic acids is 1. The molecule has 1 atom stereocenters. The predicted octanol–water partition coefficient (Wildman–Crippen LogP) is 4.82. The Balaban J connectivity index is 1.60. The molecule has 0 radical (unpaired) electrons. The number of nitrogens with zero attached hydrogens (tertiary/aromatic N) is 5. The number of hydrogen-bond donors (Lipinski definition) is 1. The van der Waals surface area contributed by atoms with Crippen molar-refractivity contribution in [1.82, 2.24) is 19.7 Å². The number of pyridine rings is 1. The van der Waals surface area contributed by atoms with Gasteiger partial charge in [-0.25, -0.2) is 0 Å². The van der Waals surface area contributed by atoms with Gasteiger partial charge in [0.2, 0.25) is 5.91 Å². The molecule has 0 fully saturated rings. The number of rotatable bonds is 7. The zero-order valence-electron chi connectivity index (χ0n) is 19.1. The molecule has 0 aliphatic carbocycles. The first-order valence-corrected chi connectivity index (χ1v) is 11.5. The number of para-hydroxylation sites is 1. The number of aryl methyl sites for hydroxylation is 1. The van der Waals surface area contributed by atoms with Gasteiger partial charge < -0.3 is 10.2 Å². The number of aromatic nitrogens is 4. The van der Waals surface area contributed by atoms with Gasteiger partial charge in [-0.05, 0) is 61.9 Å². The van der Waals surface area contributed by atoms with Crippen LogP contribution in [0.15, 0.2) is 78.2 Å². The van der Waals surface area contributed by atoms with Crippen LogP contribution in [0.1, 0.15) is 12.5 Å². The Morgan fingerprint density at radius 3 is 2.45 bits per heavy atom. The van der Waals surface area contributed by atoms with Crippen LogP contribution in [-0.4, -0.2) is 45.0 Å². The maximum Gasteiger partial charge on any atom is 0.237 e. The van der Waals surface area contributed by atoms with Gasteiger partial charge in [-0.15, -0.1) is 10.2 Å². The summed E-state index contributed by atoms with van der Waals surface area (Å²) in [4.78, 5) is 19.2. The Hall–Kier alpha value is -3.65. The third-order valence-electron chi connectivity index (χ3n) is 5.21. The molecule has 4 aromatic rings. The molecule has 0 saturated heterocycles. The lowest BCUT2D eigenvalue weighted by atomic mass is 10.2. The first-order valence-electron chi connectivity index (χ1n) is 10.6. The molecule has 1 amide bonds. The third-order valence-corrected chi connectivity index (χ3v) is 6.25. The smallest absolute Gasteiger partial charge is 0.237 e.